The fraction of sp³-hybridized carbons (Fsp3) is 0.118. The molecular formula is C17H12ClN3O5S. The van der Waals surface area contributed by atoms with Crippen LogP contribution in [0.3, 0.4) is 0 Å². The third-order valence-corrected chi connectivity index (χ3v) is 4.77. The van der Waals surface area contributed by atoms with E-state index in [0.29, 0.717) is 20.9 Å². The number of fused-ring (bicyclic) bond motifs is 1. The maximum absolute atomic E-state index is 12.4. The highest BCUT2D eigenvalue weighted by Gasteiger charge is 2.17. The predicted octanol–water partition coefficient (Wildman–Crippen LogP) is 4.29. The molecule has 0 aliphatic carbocycles. The highest BCUT2D eigenvalue weighted by Crippen LogP contribution is 2.29. The Bertz CT molecular complexity index is 1070. The minimum atomic E-state index is -0.595. The molecule has 0 spiro atoms. The van der Waals surface area contributed by atoms with E-state index in [1.54, 1.807) is 25.1 Å². The molecule has 0 fully saturated rings. The highest BCUT2D eigenvalue weighted by atomic mass is 35.5. The Balaban J connectivity index is 1.83. The summed E-state index contributed by atoms with van der Waals surface area (Å²) in [6.07, 6.45) is 0. The number of aromatic nitrogens is 1. The lowest BCUT2D eigenvalue weighted by atomic mass is 10.2. The molecule has 0 unspecified atom stereocenters. The molecular weight excluding hydrogens is 394 g/mol. The summed E-state index contributed by atoms with van der Waals surface area (Å²) in [5, 5.41) is 13.6. The zero-order valence-corrected chi connectivity index (χ0v) is 15.5. The fourth-order valence-electron chi connectivity index (χ4n) is 2.29. The smallest absolute Gasteiger partial charge is 0.338 e. The standard InChI is InChI=1S/C17H12ClN3O5S/c1-2-26-16(23)9-3-6-13-14(7-9)27-17(19-13)20-15(22)11-5-4-10(21(24)25)8-12(11)18/h3-8H,2H2,1H3,(H,19,20,22). The van der Waals surface area contributed by atoms with Gasteiger partial charge in [-0.25, -0.2) is 9.78 Å². The van der Waals surface area contributed by atoms with Crippen molar-refractivity contribution in [1.82, 2.24) is 4.98 Å². The third-order valence-electron chi connectivity index (χ3n) is 3.53. The van der Waals surface area contributed by atoms with Gasteiger partial charge in [-0.3, -0.25) is 20.2 Å². The zero-order valence-electron chi connectivity index (χ0n) is 13.9. The first kappa shape index (κ1) is 18.7. The number of amides is 1. The van der Waals surface area contributed by atoms with Crippen LogP contribution in [0.2, 0.25) is 5.02 Å². The van der Waals surface area contributed by atoms with Crippen molar-refractivity contribution < 1.29 is 19.2 Å². The molecule has 0 aliphatic rings. The van der Waals surface area contributed by atoms with Gasteiger partial charge in [-0.15, -0.1) is 0 Å². The van der Waals surface area contributed by atoms with Gasteiger partial charge in [0, 0.05) is 12.1 Å². The molecule has 10 heteroatoms. The van der Waals surface area contributed by atoms with Crippen molar-refractivity contribution in [2.24, 2.45) is 0 Å². The van der Waals surface area contributed by atoms with E-state index in [1.165, 1.54) is 23.5 Å². The molecule has 3 aromatic rings. The maximum Gasteiger partial charge on any atom is 0.338 e. The van der Waals surface area contributed by atoms with Gasteiger partial charge in [-0.05, 0) is 31.2 Å². The van der Waals surface area contributed by atoms with E-state index in [4.69, 9.17) is 16.3 Å². The first-order valence-electron chi connectivity index (χ1n) is 7.72. The second-order valence-electron chi connectivity index (χ2n) is 5.30. The van der Waals surface area contributed by atoms with Gasteiger partial charge in [0.05, 0.1) is 37.9 Å². The summed E-state index contributed by atoms with van der Waals surface area (Å²) in [4.78, 5) is 38.6. The average molecular weight is 406 g/mol. The number of nitro groups is 1. The Morgan fingerprint density at radius 2 is 2.07 bits per heavy atom. The van der Waals surface area contributed by atoms with Crippen LogP contribution >= 0.6 is 22.9 Å². The third kappa shape index (κ3) is 4.04. The molecule has 1 aromatic heterocycles. The minimum Gasteiger partial charge on any atom is -0.462 e. The monoisotopic (exact) mass is 405 g/mol. The number of nitrogens with zero attached hydrogens (tertiary/aromatic N) is 2. The molecule has 0 radical (unpaired) electrons. The van der Waals surface area contributed by atoms with E-state index >= 15 is 0 Å². The topological polar surface area (TPSA) is 111 Å². The van der Waals surface area contributed by atoms with Gasteiger partial charge in [-0.1, -0.05) is 22.9 Å². The van der Waals surface area contributed by atoms with Crippen LogP contribution < -0.4 is 5.32 Å². The van der Waals surface area contributed by atoms with Crippen LogP contribution in [0.4, 0.5) is 10.8 Å². The molecule has 0 saturated heterocycles. The Labute approximate surface area is 161 Å². The first-order chi connectivity index (χ1) is 12.9. The number of nitro benzene ring substituents is 1. The Hall–Kier alpha value is -3.04. The summed E-state index contributed by atoms with van der Waals surface area (Å²) in [5.41, 5.74) is 0.888. The summed E-state index contributed by atoms with van der Waals surface area (Å²) >= 11 is 7.15. The molecule has 3 rings (SSSR count). The second-order valence-corrected chi connectivity index (χ2v) is 6.74. The number of thiazole rings is 1. The molecule has 27 heavy (non-hydrogen) atoms. The van der Waals surface area contributed by atoms with Gasteiger partial charge in [0.2, 0.25) is 0 Å². The molecule has 0 aliphatic heterocycles. The van der Waals surface area contributed by atoms with Gasteiger partial charge in [0.1, 0.15) is 0 Å². The summed E-state index contributed by atoms with van der Waals surface area (Å²) in [6.45, 7) is 2.00. The number of anilines is 1. The van der Waals surface area contributed by atoms with E-state index < -0.39 is 16.8 Å². The van der Waals surface area contributed by atoms with Gasteiger partial charge in [0.25, 0.3) is 11.6 Å². The van der Waals surface area contributed by atoms with Crippen LogP contribution in [0.25, 0.3) is 10.2 Å². The quantitative estimate of drug-likeness (QED) is 0.385. The largest absolute Gasteiger partial charge is 0.462 e. The van der Waals surface area contributed by atoms with E-state index in [1.807, 2.05) is 0 Å². The molecule has 1 heterocycles. The molecule has 0 saturated carbocycles. The second kappa shape index (κ2) is 7.68. The van der Waals surface area contributed by atoms with Crippen LogP contribution in [0, 0.1) is 10.1 Å². The van der Waals surface area contributed by atoms with Gasteiger partial charge in [0.15, 0.2) is 5.13 Å². The van der Waals surface area contributed by atoms with E-state index in [2.05, 4.69) is 10.3 Å². The van der Waals surface area contributed by atoms with Crippen molar-refractivity contribution in [2.75, 3.05) is 11.9 Å². The van der Waals surface area contributed by atoms with E-state index in [-0.39, 0.29) is 22.9 Å². The van der Waals surface area contributed by atoms with Crippen molar-refractivity contribution in [3.05, 3.63) is 62.7 Å². The highest BCUT2D eigenvalue weighted by molar-refractivity contribution is 7.22. The van der Waals surface area contributed by atoms with E-state index in [9.17, 15) is 19.7 Å². The molecule has 1 amide bonds. The fourth-order valence-corrected chi connectivity index (χ4v) is 3.45. The summed E-state index contributed by atoms with van der Waals surface area (Å²) in [6, 6.07) is 8.48. The van der Waals surface area contributed by atoms with Crippen LogP contribution in [0.1, 0.15) is 27.6 Å². The number of rotatable bonds is 5. The average Bonchev–Trinajstić information content (AvgIpc) is 3.02. The lowest BCUT2D eigenvalue weighted by molar-refractivity contribution is -0.384. The van der Waals surface area contributed by atoms with Crippen molar-refractivity contribution in [1.29, 1.82) is 0 Å². The molecule has 2 aromatic carbocycles. The Kier molecular flexibility index (Phi) is 5.33. The van der Waals surface area contributed by atoms with Crippen molar-refractivity contribution in [3.8, 4) is 0 Å². The normalized spacial score (nSPS) is 10.6. The summed E-state index contributed by atoms with van der Waals surface area (Å²) in [5.74, 6) is -0.976. The van der Waals surface area contributed by atoms with Crippen molar-refractivity contribution in [2.45, 2.75) is 6.92 Å². The number of carbonyl (C=O) groups is 2. The lowest BCUT2D eigenvalue weighted by Gasteiger charge is -2.03. The number of esters is 1. The van der Waals surface area contributed by atoms with Crippen LogP contribution in [-0.2, 0) is 4.74 Å². The van der Waals surface area contributed by atoms with Crippen molar-refractivity contribution >= 4 is 55.8 Å². The number of benzene rings is 2. The van der Waals surface area contributed by atoms with Gasteiger partial charge < -0.3 is 4.74 Å². The molecule has 138 valence electrons. The van der Waals surface area contributed by atoms with Crippen LogP contribution in [-0.4, -0.2) is 28.4 Å². The zero-order chi connectivity index (χ0) is 19.6. The summed E-state index contributed by atoms with van der Waals surface area (Å²) < 4.78 is 5.66. The van der Waals surface area contributed by atoms with Crippen LogP contribution in [0.5, 0.6) is 0 Å². The maximum atomic E-state index is 12.4. The van der Waals surface area contributed by atoms with Gasteiger partial charge in [-0.2, -0.15) is 0 Å². The summed E-state index contributed by atoms with van der Waals surface area (Å²) in [7, 11) is 0. The molecule has 0 atom stereocenters. The van der Waals surface area contributed by atoms with Gasteiger partial charge >= 0.3 is 5.97 Å². The number of ether oxygens (including phenoxy) is 1. The first-order valence-corrected chi connectivity index (χ1v) is 8.91. The number of halogens is 1. The van der Waals surface area contributed by atoms with Crippen LogP contribution in [0.15, 0.2) is 36.4 Å². The Morgan fingerprint density at radius 3 is 2.74 bits per heavy atom. The minimum absolute atomic E-state index is 0.0348. The molecule has 1 N–H and O–H groups in total. The number of hydrogen-bond donors (Lipinski definition) is 1. The Morgan fingerprint density at radius 1 is 1.30 bits per heavy atom. The number of hydrogen-bond acceptors (Lipinski definition) is 7. The SMILES string of the molecule is CCOC(=O)c1ccc2nc(NC(=O)c3ccc([N+](=O)[O-])cc3Cl)sc2c1. The number of carbonyl (C=O) groups excluding carboxylic acids is 2. The number of non-ortho nitro benzene ring substituents is 1. The molecule has 8 nitrogen and oxygen atoms in total. The predicted molar refractivity (Wildman–Crippen MR) is 102 cm³/mol. The molecule has 0 bridgehead atoms. The van der Waals surface area contributed by atoms with Crippen molar-refractivity contribution in [3.63, 3.8) is 0 Å². The lowest BCUT2D eigenvalue weighted by Crippen LogP contribution is -2.12. The van der Waals surface area contributed by atoms with E-state index in [0.717, 1.165) is 6.07 Å². The number of nitrogens with one attached hydrogen (secondary N) is 1.